The Bertz CT molecular complexity index is 303. The minimum absolute atomic E-state index is 0.583. The van der Waals surface area contributed by atoms with E-state index < -0.39 is 0 Å². The summed E-state index contributed by atoms with van der Waals surface area (Å²) in [5.41, 5.74) is 2.10. The molecule has 0 saturated carbocycles. The van der Waals surface area contributed by atoms with Crippen molar-refractivity contribution < 1.29 is 9.47 Å². The second-order valence-corrected chi connectivity index (χ2v) is 5.03. The maximum Gasteiger partial charge on any atom is 0.0863 e. The van der Waals surface area contributed by atoms with Crippen molar-refractivity contribution in [3.05, 3.63) is 12.3 Å². The molecular formula is C15H28N2O2. The molecule has 1 aliphatic heterocycles. The molecule has 1 aliphatic rings. The van der Waals surface area contributed by atoms with E-state index in [0.29, 0.717) is 12.5 Å². The van der Waals surface area contributed by atoms with Gasteiger partial charge >= 0.3 is 0 Å². The van der Waals surface area contributed by atoms with Crippen LogP contribution in [0.15, 0.2) is 17.4 Å². The van der Waals surface area contributed by atoms with E-state index in [-0.39, 0.29) is 0 Å². The maximum absolute atomic E-state index is 5.53. The number of nitrogens with zero attached hydrogens (tertiary/aromatic N) is 2. The van der Waals surface area contributed by atoms with Crippen molar-refractivity contribution in [2.45, 2.75) is 40.0 Å². The van der Waals surface area contributed by atoms with Gasteiger partial charge in [0.05, 0.1) is 12.3 Å². The van der Waals surface area contributed by atoms with Crippen molar-refractivity contribution in [2.24, 2.45) is 11.0 Å². The minimum atomic E-state index is 0.583. The number of hydrogen-bond acceptors (Lipinski definition) is 4. The van der Waals surface area contributed by atoms with E-state index in [1.807, 2.05) is 25.8 Å². The van der Waals surface area contributed by atoms with E-state index >= 15 is 0 Å². The Morgan fingerprint density at radius 2 is 2.11 bits per heavy atom. The van der Waals surface area contributed by atoms with Gasteiger partial charge < -0.3 is 9.47 Å². The van der Waals surface area contributed by atoms with E-state index in [0.717, 1.165) is 50.6 Å². The van der Waals surface area contributed by atoms with Crippen LogP contribution >= 0.6 is 0 Å². The predicted octanol–water partition coefficient (Wildman–Crippen LogP) is 3.05. The largest absolute Gasteiger partial charge is 0.381 e. The SMILES string of the molecule is C=C1CC(COCC)CCCN1/N=C(\C)COCC. The summed E-state index contributed by atoms with van der Waals surface area (Å²) in [6.07, 6.45) is 3.31. The van der Waals surface area contributed by atoms with E-state index in [1.54, 1.807) is 0 Å². The monoisotopic (exact) mass is 268 g/mol. The first-order chi connectivity index (χ1) is 9.17. The van der Waals surface area contributed by atoms with Crippen LogP contribution in [0.4, 0.5) is 0 Å². The highest BCUT2D eigenvalue weighted by Gasteiger charge is 2.19. The van der Waals surface area contributed by atoms with Crippen LogP contribution in [0.2, 0.25) is 0 Å². The summed E-state index contributed by atoms with van der Waals surface area (Å²) in [6.45, 7) is 14.1. The molecule has 1 rings (SSSR count). The molecule has 0 spiro atoms. The lowest BCUT2D eigenvalue weighted by Crippen LogP contribution is -2.20. The highest BCUT2D eigenvalue weighted by atomic mass is 16.5. The Morgan fingerprint density at radius 1 is 1.37 bits per heavy atom. The third-order valence-corrected chi connectivity index (χ3v) is 3.24. The molecule has 4 nitrogen and oxygen atoms in total. The van der Waals surface area contributed by atoms with Gasteiger partial charge in [0.25, 0.3) is 0 Å². The number of rotatable bonds is 7. The van der Waals surface area contributed by atoms with E-state index in [1.165, 1.54) is 6.42 Å². The van der Waals surface area contributed by atoms with Crippen LogP contribution in [0.3, 0.4) is 0 Å². The van der Waals surface area contributed by atoms with Crippen molar-refractivity contribution >= 4 is 5.71 Å². The van der Waals surface area contributed by atoms with Gasteiger partial charge in [0.1, 0.15) is 0 Å². The molecule has 1 saturated heterocycles. The average molecular weight is 268 g/mol. The molecule has 0 bridgehead atoms. The molecule has 0 radical (unpaired) electrons. The molecule has 1 fully saturated rings. The summed E-state index contributed by atoms with van der Waals surface area (Å²) >= 11 is 0. The quantitative estimate of drug-likeness (QED) is 0.666. The number of ether oxygens (including phenoxy) is 2. The number of allylic oxidation sites excluding steroid dienone is 1. The van der Waals surface area contributed by atoms with Crippen LogP contribution in [0, 0.1) is 5.92 Å². The Morgan fingerprint density at radius 3 is 2.79 bits per heavy atom. The molecule has 0 amide bonds. The first-order valence-electron chi connectivity index (χ1n) is 7.32. The molecule has 1 unspecified atom stereocenters. The van der Waals surface area contributed by atoms with Crippen molar-refractivity contribution in [3.63, 3.8) is 0 Å². The molecule has 0 aliphatic carbocycles. The molecule has 0 aromatic rings. The standard InChI is InChI=1S/C15H28N2O2/c1-5-18-11-13(3)16-17-9-7-8-15(10-14(17)4)12-19-6-2/h15H,4-12H2,1-3H3/b16-13+. The summed E-state index contributed by atoms with van der Waals surface area (Å²) < 4.78 is 10.9. The van der Waals surface area contributed by atoms with Gasteiger partial charge in [-0.3, -0.25) is 5.01 Å². The molecular weight excluding hydrogens is 240 g/mol. The van der Waals surface area contributed by atoms with Crippen LogP contribution in [0.5, 0.6) is 0 Å². The van der Waals surface area contributed by atoms with Crippen LogP contribution in [-0.4, -0.2) is 43.7 Å². The van der Waals surface area contributed by atoms with E-state index in [4.69, 9.17) is 9.47 Å². The Balaban J connectivity index is 2.50. The first-order valence-corrected chi connectivity index (χ1v) is 7.32. The fourth-order valence-electron chi connectivity index (χ4n) is 2.26. The fraction of sp³-hybridized carbons (Fsp3) is 0.800. The van der Waals surface area contributed by atoms with Crippen LogP contribution in [0.1, 0.15) is 40.0 Å². The predicted molar refractivity (Wildman–Crippen MR) is 79.3 cm³/mol. The van der Waals surface area contributed by atoms with Crippen molar-refractivity contribution in [2.75, 3.05) is 33.0 Å². The second kappa shape index (κ2) is 9.10. The Labute approximate surface area is 117 Å². The average Bonchev–Trinajstić information content (AvgIpc) is 2.56. The molecule has 1 atom stereocenters. The lowest BCUT2D eigenvalue weighted by atomic mass is 10.0. The third kappa shape index (κ3) is 6.21. The van der Waals surface area contributed by atoms with Gasteiger partial charge in [-0.25, -0.2) is 0 Å². The van der Waals surface area contributed by atoms with E-state index in [2.05, 4.69) is 11.7 Å². The zero-order valence-electron chi connectivity index (χ0n) is 12.7. The molecule has 1 heterocycles. The van der Waals surface area contributed by atoms with Gasteiger partial charge in [0, 0.05) is 32.1 Å². The van der Waals surface area contributed by atoms with Gasteiger partial charge in [0.15, 0.2) is 0 Å². The summed E-state index contributed by atoms with van der Waals surface area (Å²) in [5.74, 6) is 0.583. The highest BCUT2D eigenvalue weighted by molar-refractivity contribution is 5.82. The van der Waals surface area contributed by atoms with Gasteiger partial charge in [0.2, 0.25) is 0 Å². The van der Waals surface area contributed by atoms with Gasteiger partial charge in [-0.15, -0.1) is 0 Å². The Kier molecular flexibility index (Phi) is 7.75. The smallest absolute Gasteiger partial charge is 0.0863 e. The molecule has 19 heavy (non-hydrogen) atoms. The summed E-state index contributed by atoms with van der Waals surface area (Å²) in [4.78, 5) is 0. The number of hydrazone groups is 1. The normalized spacial score (nSPS) is 21.6. The van der Waals surface area contributed by atoms with E-state index in [9.17, 15) is 0 Å². The van der Waals surface area contributed by atoms with Crippen molar-refractivity contribution in [3.8, 4) is 0 Å². The summed E-state index contributed by atoms with van der Waals surface area (Å²) in [5, 5.41) is 6.66. The van der Waals surface area contributed by atoms with Crippen molar-refractivity contribution in [1.29, 1.82) is 0 Å². The van der Waals surface area contributed by atoms with Crippen molar-refractivity contribution in [1.82, 2.24) is 5.01 Å². The first kappa shape index (κ1) is 16.2. The van der Waals surface area contributed by atoms with Crippen LogP contribution in [0.25, 0.3) is 0 Å². The second-order valence-electron chi connectivity index (χ2n) is 5.03. The molecule has 4 heteroatoms. The highest BCUT2D eigenvalue weighted by Crippen LogP contribution is 2.24. The van der Waals surface area contributed by atoms with Gasteiger partial charge in [-0.2, -0.15) is 5.10 Å². The zero-order valence-corrected chi connectivity index (χ0v) is 12.7. The van der Waals surface area contributed by atoms with Gasteiger partial charge in [-0.05, 0) is 46.0 Å². The molecule has 110 valence electrons. The lowest BCUT2D eigenvalue weighted by Gasteiger charge is -2.21. The maximum atomic E-state index is 5.53. The topological polar surface area (TPSA) is 34.1 Å². The molecule has 0 N–H and O–H groups in total. The fourth-order valence-corrected chi connectivity index (χ4v) is 2.26. The molecule has 0 aromatic heterocycles. The number of hydrogen-bond donors (Lipinski definition) is 0. The molecule has 0 aromatic carbocycles. The lowest BCUT2D eigenvalue weighted by molar-refractivity contribution is 0.107. The zero-order chi connectivity index (χ0) is 14.1. The van der Waals surface area contributed by atoms with Gasteiger partial charge in [-0.1, -0.05) is 6.58 Å². The van der Waals surface area contributed by atoms with Crippen LogP contribution < -0.4 is 0 Å². The van der Waals surface area contributed by atoms with Crippen LogP contribution in [-0.2, 0) is 9.47 Å². The minimum Gasteiger partial charge on any atom is -0.381 e. The Hall–Kier alpha value is -0.870. The third-order valence-electron chi connectivity index (χ3n) is 3.24. The summed E-state index contributed by atoms with van der Waals surface area (Å²) in [6, 6.07) is 0. The summed E-state index contributed by atoms with van der Waals surface area (Å²) in [7, 11) is 0.